The van der Waals surface area contributed by atoms with Crippen molar-refractivity contribution in [2.45, 2.75) is 24.4 Å². The fourth-order valence-electron chi connectivity index (χ4n) is 0.830. The Morgan fingerprint density at radius 3 is 2.00 bits per heavy atom. The van der Waals surface area contributed by atoms with Crippen LogP contribution in [-0.2, 0) is 19.4 Å². The van der Waals surface area contributed by atoms with Crippen molar-refractivity contribution >= 4 is 16.7 Å². The van der Waals surface area contributed by atoms with Crippen LogP contribution >= 0.6 is 0 Å². The number of aldehydes is 1. The van der Waals surface area contributed by atoms with Gasteiger partial charge in [-0.1, -0.05) is 0 Å². The van der Waals surface area contributed by atoms with Crippen LogP contribution in [0.15, 0.2) is 0 Å². The minimum atomic E-state index is -4.99. The summed E-state index contributed by atoms with van der Waals surface area (Å²) in [6.07, 6.45) is -8.21. The van der Waals surface area contributed by atoms with Gasteiger partial charge in [-0.25, -0.2) is 4.18 Å². The Morgan fingerprint density at radius 1 is 1.19 bits per heavy atom. The van der Waals surface area contributed by atoms with E-state index in [-0.39, 0.29) is 6.29 Å². The molecule has 0 amide bonds. The molecule has 10 heteroatoms. The van der Waals surface area contributed by atoms with Crippen LogP contribution in [0.3, 0.4) is 0 Å². The van der Waals surface area contributed by atoms with E-state index in [0.717, 1.165) is 0 Å². The quantitative estimate of drug-likeness (QED) is 0.230. The molecular weight excluding hydrogens is 248 g/mol. The van der Waals surface area contributed by atoms with E-state index in [1.54, 1.807) is 0 Å². The molecule has 0 spiro atoms. The van der Waals surface area contributed by atoms with Gasteiger partial charge in [0, 0.05) is 0 Å². The molecule has 0 saturated carbocycles. The van der Waals surface area contributed by atoms with Crippen molar-refractivity contribution in [1.82, 2.24) is 0 Å². The highest BCUT2D eigenvalue weighted by Crippen LogP contribution is 2.08. The predicted molar refractivity (Wildman–Crippen MR) is 47.6 cm³/mol. The molecule has 0 aliphatic heterocycles. The SMILES string of the molecule is O=C[C@@H](OS(=O)(=O)O)[C@@H](O)[C@@H](O)[C@H](O)CO. The van der Waals surface area contributed by atoms with Crippen molar-refractivity contribution in [2.24, 2.45) is 0 Å². The van der Waals surface area contributed by atoms with E-state index < -0.39 is 41.4 Å². The first kappa shape index (κ1) is 15.4. The van der Waals surface area contributed by atoms with Crippen molar-refractivity contribution in [2.75, 3.05) is 6.61 Å². The van der Waals surface area contributed by atoms with Crippen LogP contribution in [0.4, 0.5) is 0 Å². The molecule has 96 valence electrons. The van der Waals surface area contributed by atoms with Gasteiger partial charge in [0.15, 0.2) is 12.4 Å². The molecule has 0 heterocycles. The summed E-state index contributed by atoms with van der Waals surface area (Å²) in [6.45, 7) is -0.921. The largest absolute Gasteiger partial charge is 0.398 e. The van der Waals surface area contributed by atoms with Crippen LogP contribution in [0.1, 0.15) is 0 Å². The van der Waals surface area contributed by atoms with Gasteiger partial charge in [-0.3, -0.25) is 4.55 Å². The highest BCUT2D eigenvalue weighted by Gasteiger charge is 2.34. The Morgan fingerprint density at radius 2 is 1.69 bits per heavy atom. The first-order valence-corrected chi connectivity index (χ1v) is 5.35. The summed E-state index contributed by atoms with van der Waals surface area (Å²) >= 11 is 0. The van der Waals surface area contributed by atoms with E-state index >= 15 is 0 Å². The Kier molecular flexibility index (Phi) is 5.96. The lowest BCUT2D eigenvalue weighted by Gasteiger charge is -2.24. The lowest BCUT2D eigenvalue weighted by atomic mass is 10.0. The molecule has 0 unspecified atom stereocenters. The van der Waals surface area contributed by atoms with Gasteiger partial charge in [-0.2, -0.15) is 8.42 Å². The highest BCUT2D eigenvalue weighted by molar-refractivity contribution is 7.80. The number of aliphatic hydroxyl groups excluding tert-OH is 4. The third kappa shape index (κ3) is 4.94. The van der Waals surface area contributed by atoms with Gasteiger partial charge in [0.1, 0.15) is 18.3 Å². The topological polar surface area (TPSA) is 162 Å². The Balaban J connectivity index is 4.65. The molecular formula is C6H12O9S. The predicted octanol–water partition coefficient (Wildman–Crippen LogP) is -3.55. The maximum absolute atomic E-state index is 10.3. The summed E-state index contributed by atoms with van der Waals surface area (Å²) in [7, 11) is -4.99. The first-order chi connectivity index (χ1) is 7.22. The molecule has 0 radical (unpaired) electrons. The van der Waals surface area contributed by atoms with Crippen LogP contribution in [0.5, 0.6) is 0 Å². The molecule has 9 nitrogen and oxygen atoms in total. The molecule has 16 heavy (non-hydrogen) atoms. The summed E-state index contributed by atoms with van der Waals surface area (Å²) in [5.41, 5.74) is 0. The van der Waals surface area contributed by atoms with E-state index in [2.05, 4.69) is 4.18 Å². The van der Waals surface area contributed by atoms with Gasteiger partial charge in [0.2, 0.25) is 0 Å². The summed E-state index contributed by atoms with van der Waals surface area (Å²) < 4.78 is 32.4. The van der Waals surface area contributed by atoms with E-state index in [1.807, 2.05) is 0 Å². The average molecular weight is 260 g/mol. The summed E-state index contributed by atoms with van der Waals surface area (Å²) in [6, 6.07) is 0. The molecule has 0 aliphatic carbocycles. The Hall–Kier alpha value is -0.620. The third-order valence-electron chi connectivity index (χ3n) is 1.63. The normalized spacial score (nSPS) is 19.8. The monoisotopic (exact) mass is 260 g/mol. The number of hydrogen-bond donors (Lipinski definition) is 5. The maximum Gasteiger partial charge on any atom is 0.398 e. The van der Waals surface area contributed by atoms with Gasteiger partial charge < -0.3 is 25.2 Å². The Bertz CT molecular complexity index is 312. The van der Waals surface area contributed by atoms with E-state index in [4.69, 9.17) is 19.9 Å². The Labute approximate surface area is 90.9 Å². The van der Waals surface area contributed by atoms with Crippen LogP contribution < -0.4 is 0 Å². The third-order valence-corrected chi connectivity index (χ3v) is 2.10. The number of hydrogen-bond acceptors (Lipinski definition) is 8. The summed E-state index contributed by atoms with van der Waals surface area (Å²) in [5, 5.41) is 35.6. The highest BCUT2D eigenvalue weighted by atomic mass is 32.3. The number of aliphatic hydroxyl groups is 4. The molecule has 0 aromatic heterocycles. The second-order valence-corrected chi connectivity index (χ2v) is 3.90. The van der Waals surface area contributed by atoms with Gasteiger partial charge in [-0.15, -0.1) is 0 Å². The zero-order chi connectivity index (χ0) is 12.9. The molecule has 4 atom stereocenters. The fourth-order valence-corrected chi connectivity index (χ4v) is 1.27. The smallest absolute Gasteiger partial charge is 0.394 e. The van der Waals surface area contributed by atoms with Crippen molar-refractivity contribution in [3.8, 4) is 0 Å². The minimum Gasteiger partial charge on any atom is -0.394 e. The standard InChI is InChI=1S/C6H12O9S/c7-1-3(9)5(10)6(11)4(2-8)15-16(12,13)14/h2-7,9-11H,1H2,(H,12,13,14)/t3-,4-,5+,6-/m1/s1. The molecule has 0 aromatic rings. The van der Waals surface area contributed by atoms with Crippen molar-refractivity contribution in [3.63, 3.8) is 0 Å². The number of carbonyl (C=O) groups excluding carboxylic acids is 1. The van der Waals surface area contributed by atoms with Crippen molar-refractivity contribution in [1.29, 1.82) is 0 Å². The molecule has 0 fully saturated rings. The van der Waals surface area contributed by atoms with Gasteiger partial charge in [0.25, 0.3) is 0 Å². The lowest BCUT2D eigenvalue weighted by molar-refractivity contribution is -0.133. The average Bonchev–Trinajstić information content (AvgIpc) is 2.21. The zero-order valence-electron chi connectivity index (χ0n) is 7.87. The maximum atomic E-state index is 10.3. The molecule has 5 N–H and O–H groups in total. The molecule has 0 saturated heterocycles. The number of rotatable bonds is 7. The molecule has 0 rings (SSSR count). The van der Waals surface area contributed by atoms with Crippen LogP contribution in [-0.4, -0.2) is 70.7 Å². The van der Waals surface area contributed by atoms with Crippen molar-refractivity contribution in [3.05, 3.63) is 0 Å². The second-order valence-electron chi connectivity index (χ2n) is 2.86. The second kappa shape index (κ2) is 6.20. The van der Waals surface area contributed by atoms with Gasteiger partial charge in [0.05, 0.1) is 6.61 Å². The molecule has 0 bridgehead atoms. The van der Waals surface area contributed by atoms with E-state index in [0.29, 0.717) is 0 Å². The fraction of sp³-hybridized carbons (Fsp3) is 0.833. The molecule has 0 aliphatic rings. The van der Waals surface area contributed by atoms with Crippen LogP contribution in [0, 0.1) is 0 Å². The van der Waals surface area contributed by atoms with Crippen molar-refractivity contribution < 1.29 is 42.4 Å². The van der Waals surface area contributed by atoms with Gasteiger partial charge in [-0.05, 0) is 0 Å². The minimum absolute atomic E-state index is 0.189. The number of carbonyl (C=O) groups is 1. The zero-order valence-corrected chi connectivity index (χ0v) is 8.69. The summed E-state index contributed by atoms with van der Waals surface area (Å²) in [5.74, 6) is 0. The van der Waals surface area contributed by atoms with Gasteiger partial charge >= 0.3 is 10.4 Å². The first-order valence-electron chi connectivity index (χ1n) is 3.99. The summed E-state index contributed by atoms with van der Waals surface area (Å²) in [4.78, 5) is 10.3. The van der Waals surface area contributed by atoms with E-state index in [9.17, 15) is 18.3 Å². The van der Waals surface area contributed by atoms with Crippen LogP contribution in [0.2, 0.25) is 0 Å². The molecule has 0 aromatic carbocycles. The van der Waals surface area contributed by atoms with Crippen LogP contribution in [0.25, 0.3) is 0 Å². The lowest BCUT2D eigenvalue weighted by Crippen LogP contribution is -2.47. The van der Waals surface area contributed by atoms with E-state index in [1.165, 1.54) is 0 Å².